The number of hydrogen-bond donors (Lipinski definition) is 1. The summed E-state index contributed by atoms with van der Waals surface area (Å²) >= 11 is 0. The molecule has 3 aromatic rings. The van der Waals surface area contributed by atoms with Crippen LogP contribution in [0.15, 0.2) is 64.1 Å². The van der Waals surface area contributed by atoms with Crippen LogP contribution in [0.25, 0.3) is 22.6 Å². The van der Waals surface area contributed by atoms with Crippen molar-refractivity contribution in [1.82, 2.24) is 10.5 Å². The third kappa shape index (κ3) is 4.31. The predicted octanol–water partition coefficient (Wildman–Crippen LogP) is 4.57. The van der Waals surface area contributed by atoms with E-state index in [0.29, 0.717) is 0 Å². The van der Waals surface area contributed by atoms with E-state index < -0.39 is 0 Å². The number of nitrogens with one attached hydrogen (secondary N) is 1. The van der Waals surface area contributed by atoms with E-state index in [9.17, 15) is 0 Å². The second-order valence-electron chi connectivity index (χ2n) is 6.18. The predicted molar refractivity (Wildman–Crippen MR) is 110 cm³/mol. The lowest BCUT2D eigenvalue weighted by Crippen LogP contribution is -2.19. The first-order valence-corrected chi connectivity index (χ1v) is 8.92. The molecule has 1 aliphatic heterocycles. The van der Waals surface area contributed by atoms with Gasteiger partial charge >= 0.3 is 0 Å². The van der Waals surface area contributed by atoms with E-state index in [0.717, 1.165) is 65.8 Å². The molecule has 1 N–H and O–H groups in total. The van der Waals surface area contributed by atoms with Gasteiger partial charge in [0.1, 0.15) is 17.3 Å². The molecule has 27 heavy (non-hydrogen) atoms. The molecule has 5 nitrogen and oxygen atoms in total. The summed E-state index contributed by atoms with van der Waals surface area (Å²) in [5, 5.41) is 7.49. The normalized spacial score (nSPS) is 12.9. The zero-order valence-electron chi connectivity index (χ0n) is 15.1. The van der Waals surface area contributed by atoms with Crippen molar-refractivity contribution in [3.63, 3.8) is 0 Å². The Hall–Kier alpha value is -2.79. The van der Waals surface area contributed by atoms with Gasteiger partial charge in [0.15, 0.2) is 5.76 Å². The van der Waals surface area contributed by atoms with E-state index in [1.807, 2.05) is 42.5 Å². The van der Waals surface area contributed by atoms with E-state index in [1.165, 1.54) is 0 Å². The van der Waals surface area contributed by atoms with Crippen molar-refractivity contribution in [3.8, 4) is 28.3 Å². The number of nitrogens with zero attached hydrogens (tertiary/aromatic N) is 2. The van der Waals surface area contributed by atoms with Crippen molar-refractivity contribution < 1.29 is 9.26 Å². The van der Waals surface area contributed by atoms with Gasteiger partial charge in [0.25, 0.3) is 0 Å². The van der Waals surface area contributed by atoms with Crippen LogP contribution < -0.4 is 10.1 Å². The zero-order chi connectivity index (χ0) is 17.8. The molecule has 1 aromatic heterocycles. The van der Waals surface area contributed by atoms with Gasteiger partial charge in [-0.15, -0.1) is 12.4 Å². The molecule has 4 rings (SSSR count). The Morgan fingerprint density at radius 3 is 2.37 bits per heavy atom. The first-order chi connectivity index (χ1) is 12.8. The van der Waals surface area contributed by atoms with E-state index in [-0.39, 0.29) is 12.4 Å². The Morgan fingerprint density at radius 1 is 1.00 bits per heavy atom. The Balaban J connectivity index is 0.00000210. The number of ether oxygens (including phenoxy) is 1. The molecule has 140 valence electrons. The first kappa shape index (κ1) is 19.0. The Labute approximate surface area is 164 Å². The molecule has 0 unspecified atom stereocenters. The van der Waals surface area contributed by atoms with Crippen LogP contribution in [0.2, 0.25) is 0 Å². The highest BCUT2D eigenvalue weighted by atomic mass is 35.5. The third-order valence-corrected chi connectivity index (χ3v) is 4.25. The zero-order valence-corrected chi connectivity index (χ0v) is 16.0. The largest absolute Gasteiger partial charge is 0.494 e. The second kappa shape index (κ2) is 8.73. The lowest BCUT2D eigenvalue weighted by Gasteiger charge is -2.04. The van der Waals surface area contributed by atoms with Crippen molar-refractivity contribution >= 4 is 18.2 Å². The summed E-state index contributed by atoms with van der Waals surface area (Å²) < 4.78 is 11.1. The second-order valence-corrected chi connectivity index (χ2v) is 6.18. The van der Waals surface area contributed by atoms with Gasteiger partial charge < -0.3 is 14.6 Å². The highest BCUT2D eigenvalue weighted by Gasteiger charge is 2.11. The smallest absolute Gasteiger partial charge is 0.167 e. The average molecular weight is 384 g/mol. The molecular formula is C21H22ClN3O2. The molecule has 2 heterocycles. The van der Waals surface area contributed by atoms with Crippen molar-refractivity contribution in [3.05, 3.63) is 60.2 Å². The van der Waals surface area contributed by atoms with Gasteiger partial charge in [-0.25, -0.2) is 0 Å². The molecule has 0 fully saturated rings. The van der Waals surface area contributed by atoms with Crippen LogP contribution in [0.1, 0.15) is 18.9 Å². The van der Waals surface area contributed by atoms with Crippen LogP contribution in [0.5, 0.6) is 5.75 Å². The van der Waals surface area contributed by atoms with Gasteiger partial charge in [0.2, 0.25) is 0 Å². The fourth-order valence-electron chi connectivity index (χ4n) is 2.87. The van der Waals surface area contributed by atoms with E-state index >= 15 is 0 Å². The first-order valence-electron chi connectivity index (χ1n) is 8.92. The molecule has 2 aromatic carbocycles. The number of hydrogen-bond acceptors (Lipinski definition) is 5. The monoisotopic (exact) mass is 383 g/mol. The number of benzene rings is 2. The molecule has 0 aliphatic carbocycles. The average Bonchev–Trinajstić information content (AvgIpc) is 3.39. The molecule has 0 amide bonds. The Morgan fingerprint density at radius 2 is 1.70 bits per heavy atom. The maximum absolute atomic E-state index is 5.61. The van der Waals surface area contributed by atoms with E-state index in [4.69, 9.17) is 9.26 Å². The minimum Gasteiger partial charge on any atom is -0.494 e. The topological polar surface area (TPSA) is 59.6 Å². The van der Waals surface area contributed by atoms with Crippen LogP contribution in [-0.2, 0) is 0 Å². The van der Waals surface area contributed by atoms with Gasteiger partial charge in [0, 0.05) is 29.3 Å². The van der Waals surface area contributed by atoms with Gasteiger partial charge in [-0.3, -0.25) is 4.99 Å². The van der Waals surface area contributed by atoms with E-state index in [2.05, 4.69) is 34.5 Å². The minimum absolute atomic E-state index is 0. The van der Waals surface area contributed by atoms with Gasteiger partial charge in [-0.2, -0.15) is 0 Å². The summed E-state index contributed by atoms with van der Waals surface area (Å²) in [5.74, 6) is 2.57. The molecule has 0 spiro atoms. The number of aromatic nitrogens is 1. The van der Waals surface area contributed by atoms with Crippen LogP contribution in [0.3, 0.4) is 0 Å². The van der Waals surface area contributed by atoms with Crippen LogP contribution in [-0.4, -0.2) is 30.7 Å². The minimum atomic E-state index is 0. The Kier molecular flexibility index (Phi) is 6.14. The summed E-state index contributed by atoms with van der Waals surface area (Å²) in [6.07, 6.45) is 0.995. The molecule has 0 bridgehead atoms. The fraction of sp³-hybridized carbons (Fsp3) is 0.238. The van der Waals surface area contributed by atoms with Gasteiger partial charge in [0.05, 0.1) is 13.2 Å². The number of aliphatic imine (C=N–C) groups is 1. The Bertz CT molecular complexity index is 902. The molecule has 0 saturated heterocycles. The number of halogens is 1. The summed E-state index contributed by atoms with van der Waals surface area (Å²) in [7, 11) is 0. The quantitative estimate of drug-likeness (QED) is 0.677. The van der Waals surface area contributed by atoms with Crippen LogP contribution >= 0.6 is 12.4 Å². The van der Waals surface area contributed by atoms with Crippen LogP contribution in [0.4, 0.5) is 0 Å². The van der Waals surface area contributed by atoms with Crippen LogP contribution in [0, 0.1) is 0 Å². The lowest BCUT2D eigenvalue weighted by atomic mass is 10.1. The molecule has 0 radical (unpaired) electrons. The van der Waals surface area contributed by atoms with Gasteiger partial charge in [-0.1, -0.05) is 36.3 Å². The highest BCUT2D eigenvalue weighted by Crippen LogP contribution is 2.27. The molecular weight excluding hydrogens is 362 g/mol. The standard InChI is InChI=1S/C21H21N3O2.ClH/c1-2-13-25-18-9-7-16(8-10-18)20-14-19(24-26-20)15-3-5-17(6-4-15)21-22-11-12-23-21;/h3-10,14H,2,11-13H2,1H3,(H,22,23);1H. The van der Waals surface area contributed by atoms with Crippen molar-refractivity contribution in [2.24, 2.45) is 4.99 Å². The SMILES string of the molecule is CCCOc1ccc(-c2cc(-c3ccc(C4=NCCN4)cc3)no2)cc1.Cl. The highest BCUT2D eigenvalue weighted by molar-refractivity contribution is 6.00. The number of amidine groups is 1. The summed E-state index contributed by atoms with van der Waals surface area (Å²) in [5.41, 5.74) is 3.91. The maximum Gasteiger partial charge on any atom is 0.167 e. The van der Waals surface area contributed by atoms with E-state index in [1.54, 1.807) is 0 Å². The van der Waals surface area contributed by atoms with Crippen molar-refractivity contribution in [2.75, 3.05) is 19.7 Å². The molecule has 1 aliphatic rings. The van der Waals surface area contributed by atoms with Crippen molar-refractivity contribution in [2.45, 2.75) is 13.3 Å². The summed E-state index contributed by atoms with van der Waals surface area (Å²) in [6, 6.07) is 18.0. The number of rotatable bonds is 6. The molecule has 0 atom stereocenters. The maximum atomic E-state index is 5.61. The molecule has 6 heteroatoms. The fourth-order valence-corrected chi connectivity index (χ4v) is 2.87. The summed E-state index contributed by atoms with van der Waals surface area (Å²) in [4.78, 5) is 4.44. The van der Waals surface area contributed by atoms with Crippen molar-refractivity contribution in [1.29, 1.82) is 0 Å². The summed E-state index contributed by atoms with van der Waals surface area (Å²) in [6.45, 7) is 4.57. The van der Waals surface area contributed by atoms with Gasteiger partial charge in [-0.05, 0) is 30.7 Å². The third-order valence-electron chi connectivity index (χ3n) is 4.25. The lowest BCUT2D eigenvalue weighted by molar-refractivity contribution is 0.317. The molecule has 0 saturated carbocycles.